The van der Waals surface area contributed by atoms with Gasteiger partial charge in [-0.05, 0) is 26.0 Å². The van der Waals surface area contributed by atoms with Crippen LogP contribution in [0, 0.1) is 6.92 Å². The van der Waals surface area contributed by atoms with Gasteiger partial charge in [0.2, 0.25) is 5.89 Å². The van der Waals surface area contributed by atoms with Crippen molar-refractivity contribution >= 4 is 11.6 Å². The molecule has 17 heavy (non-hydrogen) atoms. The van der Waals surface area contributed by atoms with Crippen molar-refractivity contribution < 1.29 is 4.52 Å². The van der Waals surface area contributed by atoms with Gasteiger partial charge in [0.1, 0.15) is 11.6 Å². The molecule has 2 rings (SSSR count). The Bertz CT molecular complexity index is 482. The zero-order valence-corrected chi connectivity index (χ0v) is 9.90. The van der Waals surface area contributed by atoms with Crippen molar-refractivity contribution in [2.75, 3.05) is 17.2 Å². The summed E-state index contributed by atoms with van der Waals surface area (Å²) in [7, 11) is 0. The summed E-state index contributed by atoms with van der Waals surface area (Å²) in [5, 5.41) is 9.99. The number of aryl methyl sites for hydroxylation is 1. The molecule has 0 atom stereocenters. The van der Waals surface area contributed by atoms with E-state index in [0.717, 1.165) is 18.2 Å². The van der Waals surface area contributed by atoms with Crippen LogP contribution in [0.1, 0.15) is 18.6 Å². The zero-order chi connectivity index (χ0) is 12.1. The van der Waals surface area contributed by atoms with E-state index in [1.165, 1.54) is 0 Å². The fourth-order valence-corrected chi connectivity index (χ4v) is 1.39. The van der Waals surface area contributed by atoms with Crippen molar-refractivity contribution in [1.82, 2.24) is 15.1 Å². The fourth-order valence-electron chi connectivity index (χ4n) is 1.39. The molecule has 0 unspecified atom stereocenters. The first-order chi connectivity index (χ1) is 8.28. The Morgan fingerprint density at radius 2 is 1.94 bits per heavy atom. The minimum atomic E-state index is 0.476. The molecule has 0 aliphatic rings. The second-order valence-corrected chi connectivity index (χ2v) is 3.53. The smallest absolute Gasteiger partial charge is 0.245 e. The summed E-state index contributed by atoms with van der Waals surface area (Å²) in [5.74, 6) is 2.81. The molecule has 0 aliphatic carbocycles. The minimum Gasteiger partial charge on any atom is -0.370 e. The molecule has 6 heteroatoms. The first-order valence-corrected chi connectivity index (χ1v) is 5.52. The van der Waals surface area contributed by atoms with Gasteiger partial charge >= 0.3 is 0 Å². The third kappa shape index (κ3) is 3.17. The molecule has 0 amide bonds. The molecule has 0 aromatic carbocycles. The lowest BCUT2D eigenvalue weighted by Gasteiger charge is -2.05. The molecule has 0 saturated carbocycles. The van der Waals surface area contributed by atoms with Gasteiger partial charge in [-0.25, -0.2) is 4.98 Å². The number of nitrogens with one attached hydrogen (secondary N) is 2. The third-order valence-electron chi connectivity index (χ3n) is 2.10. The molecule has 0 spiro atoms. The average Bonchev–Trinajstić information content (AvgIpc) is 2.74. The van der Waals surface area contributed by atoms with Crippen LogP contribution >= 0.6 is 0 Å². The number of hydrogen-bond donors (Lipinski definition) is 2. The van der Waals surface area contributed by atoms with Gasteiger partial charge in [-0.3, -0.25) is 0 Å². The first-order valence-electron chi connectivity index (χ1n) is 5.52. The Hall–Kier alpha value is -2.11. The summed E-state index contributed by atoms with van der Waals surface area (Å²) in [4.78, 5) is 8.47. The van der Waals surface area contributed by atoms with E-state index in [2.05, 4.69) is 25.8 Å². The molecule has 2 N–H and O–H groups in total. The Kier molecular flexibility index (Phi) is 3.54. The maximum atomic E-state index is 5.00. The normalized spacial score (nSPS) is 10.2. The van der Waals surface area contributed by atoms with E-state index in [9.17, 15) is 0 Å². The van der Waals surface area contributed by atoms with E-state index in [1.807, 2.05) is 25.1 Å². The molecular formula is C11H15N5O. The highest BCUT2D eigenvalue weighted by atomic mass is 16.5. The molecule has 0 bridgehead atoms. The monoisotopic (exact) mass is 233 g/mol. The van der Waals surface area contributed by atoms with Crippen molar-refractivity contribution in [3.8, 4) is 0 Å². The topological polar surface area (TPSA) is 75.9 Å². The summed E-state index contributed by atoms with van der Waals surface area (Å²) in [6, 6.07) is 5.75. The molecule has 90 valence electrons. The summed E-state index contributed by atoms with van der Waals surface area (Å²) in [5.41, 5.74) is 0. The van der Waals surface area contributed by atoms with Crippen LogP contribution < -0.4 is 10.6 Å². The van der Waals surface area contributed by atoms with E-state index in [1.54, 1.807) is 6.92 Å². The van der Waals surface area contributed by atoms with Crippen LogP contribution in [0.15, 0.2) is 22.7 Å². The maximum Gasteiger partial charge on any atom is 0.245 e. The van der Waals surface area contributed by atoms with Crippen LogP contribution in [0.5, 0.6) is 0 Å². The predicted octanol–water partition coefficient (Wildman–Crippen LogP) is 1.82. The van der Waals surface area contributed by atoms with Gasteiger partial charge in [-0.2, -0.15) is 4.98 Å². The van der Waals surface area contributed by atoms with E-state index >= 15 is 0 Å². The Balaban J connectivity index is 1.96. The van der Waals surface area contributed by atoms with Crippen molar-refractivity contribution in [2.24, 2.45) is 0 Å². The minimum absolute atomic E-state index is 0.476. The quantitative estimate of drug-likeness (QED) is 0.820. The summed E-state index contributed by atoms with van der Waals surface area (Å²) < 4.78 is 5.00. The van der Waals surface area contributed by atoms with E-state index in [4.69, 9.17) is 4.52 Å². The third-order valence-corrected chi connectivity index (χ3v) is 2.10. The van der Waals surface area contributed by atoms with Gasteiger partial charge in [-0.1, -0.05) is 11.2 Å². The number of aromatic nitrogens is 3. The lowest BCUT2D eigenvalue weighted by molar-refractivity contribution is 0.379. The van der Waals surface area contributed by atoms with Crippen LogP contribution in [0.4, 0.5) is 11.6 Å². The SMILES string of the molecule is CCNc1cccc(NCc2nc(C)no2)n1. The van der Waals surface area contributed by atoms with Gasteiger partial charge in [0.25, 0.3) is 0 Å². The van der Waals surface area contributed by atoms with Crippen LogP contribution in [0.3, 0.4) is 0 Å². The Labute approximate surface area is 99.5 Å². The second kappa shape index (κ2) is 5.29. The standard InChI is InChI=1S/C11H15N5O/c1-3-12-9-5-4-6-10(15-9)13-7-11-14-8(2)16-17-11/h4-6H,3,7H2,1-2H3,(H2,12,13,15). The van der Waals surface area contributed by atoms with Crippen LogP contribution in [0.25, 0.3) is 0 Å². The first kappa shape index (κ1) is 11.4. The maximum absolute atomic E-state index is 5.00. The number of rotatable bonds is 5. The largest absolute Gasteiger partial charge is 0.370 e. The summed E-state index contributed by atoms with van der Waals surface area (Å²) in [6.07, 6.45) is 0. The number of nitrogens with zero attached hydrogens (tertiary/aromatic N) is 3. The van der Waals surface area contributed by atoms with Gasteiger partial charge in [0, 0.05) is 6.54 Å². The van der Waals surface area contributed by atoms with Crippen molar-refractivity contribution in [1.29, 1.82) is 0 Å². The molecular weight excluding hydrogens is 218 g/mol. The van der Waals surface area contributed by atoms with Gasteiger partial charge < -0.3 is 15.2 Å². The van der Waals surface area contributed by atoms with Gasteiger partial charge in [0.15, 0.2) is 5.82 Å². The zero-order valence-electron chi connectivity index (χ0n) is 9.90. The van der Waals surface area contributed by atoms with E-state index in [-0.39, 0.29) is 0 Å². The van der Waals surface area contributed by atoms with E-state index in [0.29, 0.717) is 18.3 Å². The number of hydrogen-bond acceptors (Lipinski definition) is 6. The van der Waals surface area contributed by atoms with Gasteiger partial charge in [-0.15, -0.1) is 0 Å². The molecule has 6 nitrogen and oxygen atoms in total. The highest BCUT2D eigenvalue weighted by Gasteiger charge is 2.02. The van der Waals surface area contributed by atoms with E-state index < -0.39 is 0 Å². The number of pyridine rings is 1. The highest BCUT2D eigenvalue weighted by Crippen LogP contribution is 2.09. The Morgan fingerprint density at radius 3 is 2.59 bits per heavy atom. The molecule has 0 fully saturated rings. The lowest BCUT2D eigenvalue weighted by Crippen LogP contribution is -2.04. The predicted molar refractivity (Wildman–Crippen MR) is 64.8 cm³/mol. The highest BCUT2D eigenvalue weighted by molar-refractivity contribution is 5.44. The molecule has 2 aromatic heterocycles. The summed E-state index contributed by atoms with van der Waals surface area (Å²) in [6.45, 7) is 5.14. The molecule has 0 aliphatic heterocycles. The van der Waals surface area contributed by atoms with Crippen LogP contribution in [0.2, 0.25) is 0 Å². The molecule has 0 saturated heterocycles. The molecule has 2 aromatic rings. The van der Waals surface area contributed by atoms with Crippen molar-refractivity contribution in [3.63, 3.8) is 0 Å². The van der Waals surface area contributed by atoms with Crippen LogP contribution in [-0.4, -0.2) is 21.7 Å². The summed E-state index contributed by atoms with van der Waals surface area (Å²) >= 11 is 0. The fraction of sp³-hybridized carbons (Fsp3) is 0.364. The molecule has 2 heterocycles. The second-order valence-electron chi connectivity index (χ2n) is 3.53. The lowest BCUT2D eigenvalue weighted by atomic mass is 10.4. The Morgan fingerprint density at radius 1 is 1.18 bits per heavy atom. The van der Waals surface area contributed by atoms with Crippen molar-refractivity contribution in [2.45, 2.75) is 20.4 Å². The van der Waals surface area contributed by atoms with Crippen LogP contribution in [-0.2, 0) is 6.54 Å². The average molecular weight is 233 g/mol. The number of anilines is 2. The molecule has 0 radical (unpaired) electrons. The van der Waals surface area contributed by atoms with Crippen molar-refractivity contribution in [3.05, 3.63) is 29.9 Å². The van der Waals surface area contributed by atoms with Gasteiger partial charge in [0.05, 0.1) is 6.54 Å².